The zero-order valence-electron chi connectivity index (χ0n) is 12.5. The molecule has 1 aliphatic rings. The Labute approximate surface area is 122 Å². The van der Waals surface area contributed by atoms with E-state index in [2.05, 4.69) is 5.32 Å². The summed E-state index contributed by atoms with van der Waals surface area (Å²) in [5.74, 6) is 0. The van der Waals surface area contributed by atoms with Crippen molar-refractivity contribution < 1.29 is 8.42 Å². The van der Waals surface area contributed by atoms with Crippen LogP contribution in [0.1, 0.15) is 37.3 Å². The van der Waals surface area contributed by atoms with Gasteiger partial charge in [-0.2, -0.15) is 4.31 Å². The Hall–Kier alpha value is -0.910. The van der Waals surface area contributed by atoms with Crippen molar-refractivity contribution in [2.24, 2.45) is 0 Å². The molecule has 0 aliphatic carbocycles. The minimum absolute atomic E-state index is 0.0982. The molecule has 0 bridgehead atoms. The summed E-state index contributed by atoms with van der Waals surface area (Å²) in [4.78, 5) is 0.457. The maximum Gasteiger partial charge on any atom is 0.243 e. The monoisotopic (exact) mass is 296 g/mol. The van der Waals surface area contributed by atoms with E-state index in [-0.39, 0.29) is 6.04 Å². The Kier molecular flexibility index (Phi) is 4.83. The molecule has 112 valence electrons. The van der Waals surface area contributed by atoms with Crippen molar-refractivity contribution in [2.75, 3.05) is 13.6 Å². The number of piperidine rings is 1. The first-order valence-corrected chi connectivity index (χ1v) is 8.67. The van der Waals surface area contributed by atoms with E-state index >= 15 is 0 Å². The van der Waals surface area contributed by atoms with Gasteiger partial charge in [-0.25, -0.2) is 8.42 Å². The van der Waals surface area contributed by atoms with Crippen LogP contribution in [0, 0.1) is 6.92 Å². The fourth-order valence-electron chi connectivity index (χ4n) is 2.88. The number of benzene rings is 1. The standard InChI is InChI=1S/C15H24N2O2S/c1-12-7-4-5-10-17(12)20(18,19)15-9-6-8-14(11-16-3)13(15)2/h6,8-9,12,16H,4-5,7,10-11H2,1-3H3. The molecular weight excluding hydrogens is 272 g/mol. The topological polar surface area (TPSA) is 49.4 Å². The predicted octanol–water partition coefficient (Wildman–Crippen LogP) is 2.28. The van der Waals surface area contributed by atoms with E-state index in [1.165, 1.54) is 0 Å². The Balaban J connectivity index is 2.41. The summed E-state index contributed by atoms with van der Waals surface area (Å²) in [6.07, 6.45) is 3.03. The smallest absolute Gasteiger partial charge is 0.243 e. The number of nitrogens with zero attached hydrogens (tertiary/aromatic N) is 1. The molecule has 20 heavy (non-hydrogen) atoms. The number of hydrogen-bond acceptors (Lipinski definition) is 3. The van der Waals surface area contributed by atoms with Crippen LogP contribution in [0.4, 0.5) is 0 Å². The van der Waals surface area contributed by atoms with E-state index in [0.717, 1.165) is 30.4 Å². The predicted molar refractivity (Wildman–Crippen MR) is 81.1 cm³/mol. The van der Waals surface area contributed by atoms with E-state index in [0.29, 0.717) is 18.0 Å². The summed E-state index contributed by atoms with van der Waals surface area (Å²) in [6, 6.07) is 5.64. The van der Waals surface area contributed by atoms with Gasteiger partial charge in [0, 0.05) is 19.1 Å². The first kappa shape index (κ1) is 15.5. The van der Waals surface area contributed by atoms with Gasteiger partial charge in [-0.3, -0.25) is 0 Å². The zero-order chi connectivity index (χ0) is 14.8. The van der Waals surface area contributed by atoms with Gasteiger partial charge in [-0.1, -0.05) is 18.6 Å². The molecule has 1 unspecified atom stereocenters. The summed E-state index contributed by atoms with van der Waals surface area (Å²) >= 11 is 0. The molecule has 4 nitrogen and oxygen atoms in total. The third-order valence-electron chi connectivity index (χ3n) is 4.09. The van der Waals surface area contributed by atoms with Gasteiger partial charge >= 0.3 is 0 Å². The molecule has 1 fully saturated rings. The highest BCUT2D eigenvalue weighted by Gasteiger charge is 2.32. The molecule has 1 aliphatic heterocycles. The van der Waals surface area contributed by atoms with Gasteiger partial charge < -0.3 is 5.32 Å². The van der Waals surface area contributed by atoms with Gasteiger partial charge in [0.15, 0.2) is 0 Å². The Morgan fingerprint density at radius 2 is 2.10 bits per heavy atom. The number of hydrogen-bond donors (Lipinski definition) is 1. The van der Waals surface area contributed by atoms with Crippen LogP contribution in [0.3, 0.4) is 0 Å². The van der Waals surface area contributed by atoms with Crippen LogP contribution in [0.5, 0.6) is 0 Å². The molecule has 0 spiro atoms. The van der Waals surface area contributed by atoms with E-state index in [9.17, 15) is 8.42 Å². The van der Waals surface area contributed by atoms with Gasteiger partial charge in [0.2, 0.25) is 10.0 Å². The fourth-order valence-corrected chi connectivity index (χ4v) is 4.85. The lowest BCUT2D eigenvalue weighted by Gasteiger charge is -2.32. The molecule has 1 heterocycles. The van der Waals surface area contributed by atoms with Gasteiger partial charge in [-0.15, -0.1) is 0 Å². The van der Waals surface area contributed by atoms with Gasteiger partial charge in [0.05, 0.1) is 4.90 Å². The molecule has 0 aromatic heterocycles. The van der Waals surface area contributed by atoms with Crippen molar-refractivity contribution in [1.82, 2.24) is 9.62 Å². The molecule has 1 N–H and O–H groups in total. The van der Waals surface area contributed by atoms with Crippen molar-refractivity contribution in [2.45, 2.75) is 50.6 Å². The molecule has 1 saturated heterocycles. The summed E-state index contributed by atoms with van der Waals surface area (Å²) in [6.45, 7) is 5.22. The summed E-state index contributed by atoms with van der Waals surface area (Å²) in [5, 5.41) is 3.08. The lowest BCUT2D eigenvalue weighted by molar-refractivity contribution is 0.268. The van der Waals surface area contributed by atoms with Crippen LogP contribution in [-0.2, 0) is 16.6 Å². The maximum atomic E-state index is 12.9. The molecule has 1 atom stereocenters. The molecule has 0 radical (unpaired) electrons. The first-order valence-electron chi connectivity index (χ1n) is 7.23. The zero-order valence-corrected chi connectivity index (χ0v) is 13.3. The number of rotatable bonds is 4. The Morgan fingerprint density at radius 1 is 1.35 bits per heavy atom. The second kappa shape index (κ2) is 6.24. The lowest BCUT2D eigenvalue weighted by Crippen LogP contribution is -2.42. The average Bonchev–Trinajstić information content (AvgIpc) is 2.41. The van der Waals surface area contributed by atoms with Crippen LogP contribution >= 0.6 is 0 Å². The van der Waals surface area contributed by atoms with E-state index in [4.69, 9.17) is 0 Å². The summed E-state index contributed by atoms with van der Waals surface area (Å²) < 4.78 is 27.4. The third-order valence-corrected chi connectivity index (χ3v) is 6.25. The van der Waals surface area contributed by atoms with Crippen LogP contribution < -0.4 is 5.32 Å². The largest absolute Gasteiger partial charge is 0.316 e. The van der Waals surface area contributed by atoms with Crippen molar-refractivity contribution in [3.63, 3.8) is 0 Å². The molecule has 0 amide bonds. The van der Waals surface area contributed by atoms with Crippen LogP contribution in [0.25, 0.3) is 0 Å². The Bertz CT molecular complexity index is 569. The van der Waals surface area contributed by atoms with Crippen LogP contribution in [0.15, 0.2) is 23.1 Å². The Morgan fingerprint density at radius 3 is 2.75 bits per heavy atom. The van der Waals surface area contributed by atoms with Gasteiger partial charge in [-0.05, 0) is 50.9 Å². The molecule has 1 aromatic rings. The lowest BCUT2D eigenvalue weighted by atomic mass is 10.1. The van der Waals surface area contributed by atoms with Crippen molar-refractivity contribution in [3.05, 3.63) is 29.3 Å². The van der Waals surface area contributed by atoms with Crippen LogP contribution in [0.2, 0.25) is 0 Å². The number of nitrogens with one attached hydrogen (secondary N) is 1. The highest BCUT2D eigenvalue weighted by atomic mass is 32.2. The second-order valence-electron chi connectivity index (χ2n) is 5.53. The third kappa shape index (κ3) is 2.90. The molecule has 0 saturated carbocycles. The van der Waals surface area contributed by atoms with Crippen molar-refractivity contribution in [1.29, 1.82) is 0 Å². The number of sulfonamides is 1. The highest BCUT2D eigenvalue weighted by molar-refractivity contribution is 7.89. The first-order chi connectivity index (χ1) is 9.48. The second-order valence-corrected chi connectivity index (χ2v) is 7.39. The maximum absolute atomic E-state index is 12.9. The summed E-state index contributed by atoms with van der Waals surface area (Å²) in [7, 11) is -1.51. The fraction of sp³-hybridized carbons (Fsp3) is 0.600. The van der Waals surface area contributed by atoms with Gasteiger partial charge in [0.1, 0.15) is 0 Å². The summed E-state index contributed by atoms with van der Waals surface area (Å²) in [5.41, 5.74) is 1.90. The highest BCUT2D eigenvalue weighted by Crippen LogP contribution is 2.28. The minimum Gasteiger partial charge on any atom is -0.316 e. The van der Waals surface area contributed by atoms with E-state index < -0.39 is 10.0 Å². The molecule has 2 rings (SSSR count). The van der Waals surface area contributed by atoms with Crippen molar-refractivity contribution in [3.8, 4) is 0 Å². The van der Waals surface area contributed by atoms with E-state index in [1.807, 2.05) is 33.0 Å². The van der Waals surface area contributed by atoms with Crippen LogP contribution in [-0.4, -0.2) is 32.4 Å². The van der Waals surface area contributed by atoms with E-state index in [1.54, 1.807) is 10.4 Å². The van der Waals surface area contributed by atoms with Gasteiger partial charge in [0.25, 0.3) is 0 Å². The normalized spacial score (nSPS) is 21.1. The average molecular weight is 296 g/mol. The molecule has 5 heteroatoms. The SMILES string of the molecule is CNCc1cccc(S(=O)(=O)N2CCCCC2C)c1C. The molecular formula is C15H24N2O2S. The minimum atomic E-state index is -3.38. The van der Waals surface area contributed by atoms with Crippen molar-refractivity contribution >= 4 is 10.0 Å². The molecule has 1 aromatic carbocycles. The quantitative estimate of drug-likeness (QED) is 0.927.